The zero-order chi connectivity index (χ0) is 17.2. The van der Waals surface area contributed by atoms with Crippen molar-refractivity contribution in [2.75, 3.05) is 6.54 Å². The van der Waals surface area contributed by atoms with Gasteiger partial charge in [0, 0.05) is 30.3 Å². The van der Waals surface area contributed by atoms with Gasteiger partial charge in [-0.15, -0.1) is 24.8 Å². The number of carbonyl (C=O) groups is 1. The largest absolute Gasteiger partial charge is 0.359 e. The molecule has 0 fully saturated rings. The second kappa shape index (κ2) is 8.98. The van der Waals surface area contributed by atoms with Gasteiger partial charge in [-0.1, -0.05) is 17.3 Å². The number of nitrogens with one attached hydrogen (secondary N) is 3. The Kier molecular flexibility index (Phi) is 6.95. The first-order valence-corrected chi connectivity index (χ1v) is 7.96. The Balaban J connectivity index is 0.00000131. The molecule has 1 aliphatic rings. The van der Waals surface area contributed by atoms with E-state index < -0.39 is 6.04 Å². The van der Waals surface area contributed by atoms with Gasteiger partial charge in [0.15, 0.2) is 5.76 Å². The first kappa shape index (κ1) is 20.9. The number of halogens is 3. The van der Waals surface area contributed by atoms with Gasteiger partial charge in [-0.2, -0.15) is 0 Å². The third kappa shape index (κ3) is 4.29. The van der Waals surface area contributed by atoms with E-state index >= 15 is 0 Å². The summed E-state index contributed by atoms with van der Waals surface area (Å²) in [5, 5.41) is 9.81. The van der Waals surface area contributed by atoms with Crippen LogP contribution in [0.3, 0.4) is 0 Å². The summed E-state index contributed by atoms with van der Waals surface area (Å²) in [6.45, 7) is 0.866. The first-order valence-electron chi connectivity index (χ1n) is 7.96. The third-order valence-electron chi connectivity index (χ3n) is 4.16. The smallest absolute Gasteiger partial charge is 0.243 e. The van der Waals surface area contributed by atoms with Gasteiger partial charge in [-0.05, 0) is 12.1 Å². The zero-order valence-corrected chi connectivity index (χ0v) is 15.7. The second-order valence-corrected chi connectivity index (χ2v) is 5.78. The maximum Gasteiger partial charge on any atom is 0.243 e. The van der Waals surface area contributed by atoms with E-state index in [2.05, 4.69) is 25.8 Å². The highest BCUT2D eigenvalue weighted by Gasteiger charge is 2.28. The number of imidazole rings is 1. The highest BCUT2D eigenvalue weighted by atomic mass is 35.5. The maximum atomic E-state index is 13.8. The van der Waals surface area contributed by atoms with E-state index in [0.29, 0.717) is 29.3 Å². The molecule has 0 radical (unpaired) electrons. The molecule has 3 N–H and O–H groups in total. The molecule has 7 nitrogen and oxygen atoms in total. The van der Waals surface area contributed by atoms with Gasteiger partial charge in [0.1, 0.15) is 17.6 Å². The summed E-state index contributed by atoms with van der Waals surface area (Å²) in [6, 6.07) is 7.45. The van der Waals surface area contributed by atoms with Crippen LogP contribution in [0.25, 0.3) is 11.3 Å². The van der Waals surface area contributed by atoms with Crippen LogP contribution in [0, 0.1) is 5.82 Å². The number of aromatic amines is 1. The van der Waals surface area contributed by atoms with Crippen LogP contribution in [0.15, 0.2) is 41.2 Å². The molecule has 1 unspecified atom stereocenters. The molecule has 0 saturated carbocycles. The van der Waals surface area contributed by atoms with E-state index in [4.69, 9.17) is 4.52 Å². The minimum absolute atomic E-state index is 0. The summed E-state index contributed by atoms with van der Waals surface area (Å²) in [5.74, 6) is -0.120. The summed E-state index contributed by atoms with van der Waals surface area (Å²) in [6.07, 6.45) is 2.41. The van der Waals surface area contributed by atoms with Gasteiger partial charge >= 0.3 is 0 Å². The van der Waals surface area contributed by atoms with Gasteiger partial charge in [-0.3, -0.25) is 4.79 Å². The van der Waals surface area contributed by atoms with E-state index in [-0.39, 0.29) is 43.1 Å². The van der Waals surface area contributed by atoms with E-state index in [1.165, 1.54) is 6.07 Å². The van der Waals surface area contributed by atoms with E-state index in [1.807, 2.05) is 0 Å². The Hall–Kier alpha value is -2.42. The number of fused-ring (bicyclic) bond motifs is 1. The maximum absolute atomic E-state index is 13.8. The van der Waals surface area contributed by atoms with E-state index in [9.17, 15) is 9.18 Å². The van der Waals surface area contributed by atoms with Crippen LogP contribution in [0.1, 0.15) is 23.2 Å². The standard InChI is InChI=1S/C17H16FN5O2.2ClH/c18-12-4-2-1-3-11(12)14-7-10(25-23-14)8-20-17(24)16-15-13(5-6-19-16)21-9-22-15;;/h1-4,7,9,16,19H,5-6,8H2,(H,20,24)(H,21,22);2*1H. The lowest BCUT2D eigenvalue weighted by Gasteiger charge is -2.21. The zero-order valence-electron chi connectivity index (χ0n) is 14.1. The van der Waals surface area contributed by atoms with Crippen molar-refractivity contribution in [3.63, 3.8) is 0 Å². The fourth-order valence-corrected chi connectivity index (χ4v) is 2.90. The van der Waals surface area contributed by atoms with Gasteiger partial charge < -0.3 is 20.1 Å². The normalized spacial score (nSPS) is 15.2. The first-order chi connectivity index (χ1) is 12.2. The van der Waals surface area contributed by atoms with Crippen LogP contribution in [0.5, 0.6) is 0 Å². The summed E-state index contributed by atoms with van der Waals surface area (Å²) >= 11 is 0. The third-order valence-corrected chi connectivity index (χ3v) is 4.16. The van der Waals surface area contributed by atoms with Gasteiger partial charge in [0.25, 0.3) is 0 Å². The number of hydrogen-bond acceptors (Lipinski definition) is 5. The molecule has 144 valence electrons. The van der Waals surface area contributed by atoms with Gasteiger partial charge in [0.05, 0.1) is 18.6 Å². The SMILES string of the molecule is Cl.Cl.O=C(NCc1cc(-c2ccccc2F)no1)C1NCCc2[nH]cnc21. The molecular formula is C17H18Cl2FN5O2. The molecule has 0 spiro atoms. The van der Waals surface area contributed by atoms with Crippen molar-refractivity contribution in [1.29, 1.82) is 0 Å². The van der Waals surface area contributed by atoms with Crippen molar-refractivity contribution in [2.45, 2.75) is 19.0 Å². The fraction of sp³-hybridized carbons (Fsp3) is 0.235. The molecule has 0 bridgehead atoms. The lowest BCUT2D eigenvalue weighted by Crippen LogP contribution is -2.41. The van der Waals surface area contributed by atoms with E-state index in [0.717, 1.165) is 12.1 Å². The van der Waals surface area contributed by atoms with Crippen molar-refractivity contribution in [2.24, 2.45) is 0 Å². The predicted octanol–water partition coefficient (Wildman–Crippen LogP) is 2.55. The molecule has 27 heavy (non-hydrogen) atoms. The highest BCUT2D eigenvalue weighted by Crippen LogP contribution is 2.22. The molecule has 1 atom stereocenters. The second-order valence-electron chi connectivity index (χ2n) is 5.78. The molecule has 10 heteroatoms. The Morgan fingerprint density at radius 3 is 2.96 bits per heavy atom. The van der Waals surface area contributed by atoms with Gasteiger partial charge in [-0.25, -0.2) is 9.37 Å². The lowest BCUT2D eigenvalue weighted by molar-refractivity contribution is -0.123. The number of carbonyl (C=O) groups excluding carboxylic acids is 1. The number of benzene rings is 1. The monoisotopic (exact) mass is 413 g/mol. The molecule has 4 rings (SSSR count). The predicted molar refractivity (Wildman–Crippen MR) is 101 cm³/mol. The number of hydrogen-bond donors (Lipinski definition) is 3. The summed E-state index contributed by atoms with van der Waals surface area (Å²) in [5.41, 5.74) is 2.44. The molecule has 0 aliphatic carbocycles. The highest BCUT2D eigenvalue weighted by molar-refractivity contribution is 5.85. The molecule has 3 aromatic rings. The molecule has 0 saturated heterocycles. The average Bonchev–Trinajstić information content (AvgIpc) is 3.29. The number of aromatic nitrogens is 3. The lowest BCUT2D eigenvalue weighted by atomic mass is 10.1. The van der Waals surface area contributed by atoms with Gasteiger partial charge in [0.2, 0.25) is 5.91 Å². The van der Waals surface area contributed by atoms with Crippen molar-refractivity contribution < 1.29 is 13.7 Å². The Labute approximate surface area is 166 Å². The van der Waals surface area contributed by atoms with Crippen molar-refractivity contribution in [1.82, 2.24) is 25.8 Å². The van der Waals surface area contributed by atoms with Crippen LogP contribution < -0.4 is 10.6 Å². The molecule has 1 aromatic carbocycles. The Morgan fingerprint density at radius 2 is 2.15 bits per heavy atom. The fourth-order valence-electron chi connectivity index (χ4n) is 2.90. The molecule has 2 aromatic heterocycles. The summed E-state index contributed by atoms with van der Waals surface area (Å²) in [7, 11) is 0. The van der Waals surface area contributed by atoms with Crippen LogP contribution in [0.4, 0.5) is 4.39 Å². The van der Waals surface area contributed by atoms with Crippen LogP contribution >= 0.6 is 24.8 Å². The average molecular weight is 414 g/mol. The summed E-state index contributed by atoms with van der Waals surface area (Å²) < 4.78 is 19.0. The molecule has 1 aliphatic heterocycles. The van der Waals surface area contributed by atoms with Crippen molar-refractivity contribution in [3.05, 3.63) is 59.6 Å². The molecule has 3 heterocycles. The van der Waals surface area contributed by atoms with Crippen LogP contribution in [-0.4, -0.2) is 27.6 Å². The minimum atomic E-state index is -0.496. The topological polar surface area (TPSA) is 95.8 Å². The van der Waals surface area contributed by atoms with Crippen molar-refractivity contribution in [3.8, 4) is 11.3 Å². The molecule has 1 amide bonds. The minimum Gasteiger partial charge on any atom is -0.359 e. The quantitative estimate of drug-likeness (QED) is 0.610. The number of amides is 1. The number of rotatable bonds is 4. The Bertz CT molecular complexity index is 914. The van der Waals surface area contributed by atoms with Crippen LogP contribution in [0.2, 0.25) is 0 Å². The van der Waals surface area contributed by atoms with Crippen LogP contribution in [-0.2, 0) is 17.8 Å². The number of H-pyrrole nitrogens is 1. The van der Waals surface area contributed by atoms with E-state index in [1.54, 1.807) is 30.6 Å². The molecular weight excluding hydrogens is 396 g/mol. The van der Waals surface area contributed by atoms with Crippen molar-refractivity contribution >= 4 is 30.7 Å². The summed E-state index contributed by atoms with van der Waals surface area (Å²) in [4.78, 5) is 19.7. The number of nitrogens with zero attached hydrogens (tertiary/aromatic N) is 2. The Morgan fingerprint density at radius 1 is 1.33 bits per heavy atom.